The van der Waals surface area contributed by atoms with Gasteiger partial charge in [0.05, 0.1) is 4.92 Å². The van der Waals surface area contributed by atoms with Crippen LogP contribution < -0.4 is 10.6 Å². The van der Waals surface area contributed by atoms with Crippen molar-refractivity contribution < 1.29 is 14.1 Å². The second kappa shape index (κ2) is 4.99. The predicted octanol–water partition coefficient (Wildman–Crippen LogP) is 2.41. The fraction of sp³-hybridized carbons (Fsp3) is 0.364. The van der Waals surface area contributed by atoms with Gasteiger partial charge < -0.3 is 10.6 Å². The van der Waals surface area contributed by atoms with E-state index in [0.29, 0.717) is 0 Å². The lowest BCUT2D eigenvalue weighted by atomic mass is 9.93. The molecule has 1 aromatic rings. The molecular formula is C11H12FN3O3. The van der Waals surface area contributed by atoms with Crippen molar-refractivity contribution in [3.8, 4) is 0 Å². The van der Waals surface area contributed by atoms with Crippen molar-refractivity contribution in [3.05, 3.63) is 34.1 Å². The number of rotatable bonds is 3. The first-order valence-corrected chi connectivity index (χ1v) is 5.58. The first-order valence-electron chi connectivity index (χ1n) is 5.58. The lowest BCUT2D eigenvalue weighted by molar-refractivity contribution is -0.387. The molecule has 0 atom stereocenters. The van der Waals surface area contributed by atoms with Crippen molar-refractivity contribution >= 4 is 17.4 Å². The molecule has 1 fully saturated rings. The van der Waals surface area contributed by atoms with Gasteiger partial charge in [0.15, 0.2) is 0 Å². The molecule has 0 aromatic heterocycles. The van der Waals surface area contributed by atoms with E-state index < -0.39 is 22.5 Å². The molecule has 1 aromatic carbocycles. The van der Waals surface area contributed by atoms with Crippen molar-refractivity contribution in [3.63, 3.8) is 0 Å². The predicted molar refractivity (Wildman–Crippen MR) is 62.8 cm³/mol. The molecule has 18 heavy (non-hydrogen) atoms. The summed E-state index contributed by atoms with van der Waals surface area (Å²) in [5, 5.41) is 15.6. The Kier molecular flexibility index (Phi) is 3.40. The van der Waals surface area contributed by atoms with E-state index in [1.165, 1.54) is 6.07 Å². The quantitative estimate of drug-likeness (QED) is 0.640. The van der Waals surface area contributed by atoms with Crippen molar-refractivity contribution in [2.45, 2.75) is 25.3 Å². The Balaban J connectivity index is 1.98. The number of hydrogen-bond acceptors (Lipinski definition) is 3. The minimum absolute atomic E-state index is 0.174. The number of carbonyl (C=O) groups is 1. The number of hydrogen-bond donors (Lipinski definition) is 2. The van der Waals surface area contributed by atoms with Crippen LogP contribution >= 0.6 is 0 Å². The Morgan fingerprint density at radius 3 is 2.67 bits per heavy atom. The highest BCUT2D eigenvalue weighted by molar-refractivity contribution is 5.89. The highest BCUT2D eigenvalue weighted by atomic mass is 19.1. The number of anilines is 1. The summed E-state index contributed by atoms with van der Waals surface area (Å²) in [5.74, 6) is -0.971. The summed E-state index contributed by atoms with van der Waals surface area (Å²) >= 11 is 0. The number of benzene rings is 1. The largest absolute Gasteiger partial charge is 0.335 e. The normalized spacial score (nSPS) is 14.7. The number of amides is 2. The van der Waals surface area contributed by atoms with E-state index in [1.54, 1.807) is 0 Å². The van der Waals surface area contributed by atoms with E-state index in [0.717, 1.165) is 31.4 Å². The number of nitro benzene ring substituents is 1. The van der Waals surface area contributed by atoms with Gasteiger partial charge in [-0.3, -0.25) is 10.1 Å². The van der Waals surface area contributed by atoms with Crippen LogP contribution in [0.15, 0.2) is 18.2 Å². The topological polar surface area (TPSA) is 84.3 Å². The number of halogens is 1. The van der Waals surface area contributed by atoms with Crippen molar-refractivity contribution in [2.75, 3.05) is 5.32 Å². The Morgan fingerprint density at radius 2 is 2.17 bits per heavy atom. The van der Waals surface area contributed by atoms with Crippen LogP contribution in [-0.4, -0.2) is 17.0 Å². The lowest BCUT2D eigenvalue weighted by Gasteiger charge is -2.26. The van der Waals surface area contributed by atoms with Crippen LogP contribution in [0, 0.1) is 15.9 Å². The average Bonchev–Trinajstić information content (AvgIpc) is 2.23. The van der Waals surface area contributed by atoms with Gasteiger partial charge >= 0.3 is 11.7 Å². The molecule has 0 radical (unpaired) electrons. The zero-order valence-corrected chi connectivity index (χ0v) is 9.48. The summed E-state index contributed by atoms with van der Waals surface area (Å²) in [7, 11) is 0. The van der Waals surface area contributed by atoms with Crippen LogP contribution in [0.4, 0.5) is 20.6 Å². The van der Waals surface area contributed by atoms with Gasteiger partial charge in [0.2, 0.25) is 5.82 Å². The molecule has 7 heteroatoms. The third-order valence-electron chi connectivity index (χ3n) is 2.84. The van der Waals surface area contributed by atoms with E-state index >= 15 is 0 Å². The molecule has 0 unspecified atom stereocenters. The van der Waals surface area contributed by atoms with Crippen LogP contribution in [0.1, 0.15) is 19.3 Å². The second-order valence-electron chi connectivity index (χ2n) is 4.15. The Labute approximate surface area is 102 Å². The van der Waals surface area contributed by atoms with E-state index in [1.807, 2.05) is 0 Å². The molecule has 0 spiro atoms. The van der Waals surface area contributed by atoms with Crippen LogP contribution in [-0.2, 0) is 0 Å². The summed E-state index contributed by atoms with van der Waals surface area (Å²) < 4.78 is 13.3. The van der Waals surface area contributed by atoms with E-state index in [4.69, 9.17) is 0 Å². The maximum atomic E-state index is 13.3. The molecular weight excluding hydrogens is 241 g/mol. The smallest absolute Gasteiger partial charge is 0.319 e. The molecule has 1 aliphatic rings. The SMILES string of the molecule is O=C(Nc1ccc([N+](=O)[O-])c(F)c1)NC1CCC1. The van der Waals surface area contributed by atoms with Gasteiger partial charge in [0.1, 0.15) is 0 Å². The zero-order valence-electron chi connectivity index (χ0n) is 9.48. The number of nitrogens with zero attached hydrogens (tertiary/aromatic N) is 1. The molecule has 1 aliphatic carbocycles. The third-order valence-corrected chi connectivity index (χ3v) is 2.84. The summed E-state index contributed by atoms with van der Waals surface area (Å²) in [5.41, 5.74) is -0.421. The summed E-state index contributed by atoms with van der Waals surface area (Å²) in [6, 6.07) is 3.00. The van der Waals surface area contributed by atoms with Crippen molar-refractivity contribution in [1.29, 1.82) is 0 Å². The highest BCUT2D eigenvalue weighted by Gasteiger charge is 2.20. The molecule has 0 bridgehead atoms. The Bertz CT molecular complexity index is 488. The number of nitro groups is 1. The number of urea groups is 1. The molecule has 2 amide bonds. The summed E-state index contributed by atoms with van der Waals surface area (Å²) in [6.07, 6.45) is 2.99. The average molecular weight is 253 g/mol. The molecule has 0 heterocycles. The highest BCUT2D eigenvalue weighted by Crippen LogP contribution is 2.21. The van der Waals surface area contributed by atoms with Gasteiger partial charge in [0.25, 0.3) is 0 Å². The van der Waals surface area contributed by atoms with Gasteiger partial charge in [-0.05, 0) is 25.3 Å². The molecule has 6 nitrogen and oxygen atoms in total. The first kappa shape index (κ1) is 12.3. The van der Waals surface area contributed by atoms with E-state index in [9.17, 15) is 19.3 Å². The second-order valence-corrected chi connectivity index (χ2v) is 4.15. The van der Waals surface area contributed by atoms with Crippen LogP contribution in [0.25, 0.3) is 0 Å². The lowest BCUT2D eigenvalue weighted by Crippen LogP contribution is -2.41. The first-order chi connectivity index (χ1) is 8.56. The Morgan fingerprint density at radius 1 is 1.44 bits per heavy atom. The van der Waals surface area contributed by atoms with Crippen LogP contribution in [0.3, 0.4) is 0 Å². The van der Waals surface area contributed by atoms with Crippen molar-refractivity contribution in [2.24, 2.45) is 0 Å². The standard InChI is InChI=1S/C11H12FN3O3/c12-9-6-8(4-5-10(9)15(17)18)14-11(16)13-7-2-1-3-7/h4-7H,1-3H2,(H2,13,14,16). The maximum absolute atomic E-state index is 13.3. The summed E-state index contributed by atoms with van der Waals surface area (Å²) in [4.78, 5) is 21.1. The number of nitrogens with one attached hydrogen (secondary N) is 2. The van der Waals surface area contributed by atoms with E-state index in [-0.39, 0.29) is 11.7 Å². The van der Waals surface area contributed by atoms with Gasteiger partial charge in [-0.25, -0.2) is 4.79 Å². The van der Waals surface area contributed by atoms with Gasteiger partial charge in [0, 0.05) is 23.9 Å². The van der Waals surface area contributed by atoms with Crippen LogP contribution in [0.2, 0.25) is 0 Å². The van der Waals surface area contributed by atoms with Gasteiger partial charge in [-0.1, -0.05) is 0 Å². The van der Waals surface area contributed by atoms with Crippen LogP contribution in [0.5, 0.6) is 0 Å². The molecule has 0 aliphatic heterocycles. The van der Waals surface area contributed by atoms with Gasteiger partial charge in [-0.2, -0.15) is 4.39 Å². The summed E-state index contributed by atoms with van der Waals surface area (Å²) in [6.45, 7) is 0. The molecule has 0 saturated heterocycles. The van der Waals surface area contributed by atoms with E-state index in [2.05, 4.69) is 10.6 Å². The monoisotopic (exact) mass is 253 g/mol. The minimum atomic E-state index is -0.971. The molecule has 2 N–H and O–H groups in total. The Hall–Kier alpha value is -2.18. The maximum Gasteiger partial charge on any atom is 0.319 e. The zero-order chi connectivity index (χ0) is 13.1. The number of carbonyl (C=O) groups excluding carboxylic acids is 1. The fourth-order valence-corrected chi connectivity index (χ4v) is 1.64. The minimum Gasteiger partial charge on any atom is -0.335 e. The molecule has 2 rings (SSSR count). The fourth-order valence-electron chi connectivity index (χ4n) is 1.64. The van der Waals surface area contributed by atoms with Gasteiger partial charge in [-0.15, -0.1) is 0 Å². The van der Waals surface area contributed by atoms with Crippen molar-refractivity contribution in [1.82, 2.24) is 5.32 Å². The molecule has 96 valence electrons. The molecule has 1 saturated carbocycles. The third kappa shape index (κ3) is 2.73.